The third kappa shape index (κ3) is 4.87. The van der Waals surface area contributed by atoms with Gasteiger partial charge in [-0.05, 0) is 49.4 Å². The predicted molar refractivity (Wildman–Crippen MR) is 101 cm³/mol. The molecule has 1 fully saturated rings. The lowest BCUT2D eigenvalue weighted by atomic mass is 10.0. The van der Waals surface area contributed by atoms with Crippen LogP contribution in [0.4, 0.5) is 5.69 Å². The van der Waals surface area contributed by atoms with Crippen LogP contribution in [0.25, 0.3) is 0 Å². The van der Waals surface area contributed by atoms with Crippen LogP contribution < -0.4 is 10.2 Å². The molecule has 1 N–H and O–H groups in total. The van der Waals surface area contributed by atoms with Gasteiger partial charge in [0.1, 0.15) is 0 Å². The van der Waals surface area contributed by atoms with E-state index in [1.807, 2.05) is 0 Å². The summed E-state index contributed by atoms with van der Waals surface area (Å²) in [5, 5.41) is 2.74. The molecule has 3 rings (SSSR count). The monoisotopic (exact) mass is 394 g/mol. The van der Waals surface area contributed by atoms with Gasteiger partial charge in [0.25, 0.3) is 0 Å². The Morgan fingerprint density at radius 3 is 2.81 bits per heavy atom. The molecule has 0 aromatic heterocycles. The molecule has 1 saturated heterocycles. The minimum Gasteiger partial charge on any atom is -0.376 e. The largest absolute Gasteiger partial charge is 0.376 e. The standard InChI is InChI=1S/C19H26N2O5S/c1-14(22)21-9-2-4-15-12-17(6-7-18(15)21)27(24,25)11-8-19(23)20-13-16-5-3-10-26-16/h6-7,12,16H,2-5,8-11,13H2,1H3,(H,20,23). The van der Waals surface area contributed by atoms with Gasteiger partial charge in [-0.2, -0.15) is 0 Å². The quantitative estimate of drug-likeness (QED) is 0.788. The van der Waals surface area contributed by atoms with Crippen molar-refractivity contribution in [3.05, 3.63) is 23.8 Å². The van der Waals surface area contributed by atoms with Crippen molar-refractivity contribution < 1.29 is 22.7 Å². The number of nitrogens with zero attached hydrogens (tertiary/aromatic N) is 1. The van der Waals surface area contributed by atoms with Crippen LogP contribution in [-0.2, 0) is 30.6 Å². The Bertz CT molecular complexity index is 815. The Morgan fingerprint density at radius 2 is 2.11 bits per heavy atom. The van der Waals surface area contributed by atoms with Gasteiger partial charge >= 0.3 is 0 Å². The lowest BCUT2D eigenvalue weighted by molar-refractivity contribution is -0.121. The maximum Gasteiger partial charge on any atom is 0.223 e. The average molecular weight is 394 g/mol. The highest BCUT2D eigenvalue weighted by Crippen LogP contribution is 2.30. The van der Waals surface area contributed by atoms with Crippen molar-refractivity contribution in [3.63, 3.8) is 0 Å². The number of amides is 2. The third-order valence-electron chi connectivity index (χ3n) is 5.06. The highest BCUT2D eigenvalue weighted by molar-refractivity contribution is 7.91. The van der Waals surface area contributed by atoms with Gasteiger partial charge in [-0.1, -0.05) is 0 Å². The minimum absolute atomic E-state index is 0.0374. The summed E-state index contributed by atoms with van der Waals surface area (Å²) in [7, 11) is -3.56. The molecule has 1 atom stereocenters. The summed E-state index contributed by atoms with van der Waals surface area (Å²) >= 11 is 0. The normalized spacial score (nSPS) is 19.6. The third-order valence-corrected chi connectivity index (χ3v) is 6.77. The first-order valence-corrected chi connectivity index (χ1v) is 11.0. The summed E-state index contributed by atoms with van der Waals surface area (Å²) in [5.41, 5.74) is 1.64. The number of sulfone groups is 1. The second-order valence-corrected chi connectivity index (χ2v) is 9.18. The Morgan fingerprint density at radius 1 is 1.30 bits per heavy atom. The number of carbonyl (C=O) groups is 2. The molecular formula is C19H26N2O5S. The van der Waals surface area contributed by atoms with Crippen LogP contribution in [0.5, 0.6) is 0 Å². The minimum atomic E-state index is -3.56. The summed E-state index contributed by atoms with van der Waals surface area (Å²) < 4.78 is 30.7. The molecule has 2 aliphatic rings. The first-order chi connectivity index (χ1) is 12.9. The summed E-state index contributed by atoms with van der Waals surface area (Å²) in [4.78, 5) is 25.6. The number of hydrogen-bond acceptors (Lipinski definition) is 5. The fourth-order valence-corrected chi connectivity index (χ4v) is 4.85. The SMILES string of the molecule is CC(=O)N1CCCc2cc(S(=O)(=O)CCC(=O)NCC3CCCO3)ccc21. The van der Waals surface area contributed by atoms with Gasteiger partial charge in [-0.3, -0.25) is 9.59 Å². The molecule has 1 unspecified atom stereocenters. The number of carbonyl (C=O) groups excluding carboxylic acids is 2. The summed E-state index contributed by atoms with van der Waals surface area (Å²) in [6.45, 7) is 3.31. The maximum atomic E-state index is 12.6. The molecule has 0 spiro atoms. The van der Waals surface area contributed by atoms with E-state index in [-0.39, 0.29) is 35.0 Å². The molecule has 1 aromatic carbocycles. The molecule has 7 nitrogen and oxygen atoms in total. The van der Waals surface area contributed by atoms with Crippen LogP contribution in [0, 0.1) is 0 Å². The fraction of sp³-hybridized carbons (Fsp3) is 0.579. The summed E-state index contributed by atoms with van der Waals surface area (Å²) in [6.07, 6.45) is 3.42. The predicted octanol–water partition coefficient (Wildman–Crippen LogP) is 1.44. The van der Waals surface area contributed by atoms with E-state index < -0.39 is 9.84 Å². The number of aryl methyl sites for hydroxylation is 1. The van der Waals surface area contributed by atoms with Crippen LogP contribution >= 0.6 is 0 Å². The van der Waals surface area contributed by atoms with E-state index in [4.69, 9.17) is 4.74 Å². The highest BCUT2D eigenvalue weighted by atomic mass is 32.2. The van der Waals surface area contributed by atoms with Crippen LogP contribution in [0.2, 0.25) is 0 Å². The lowest BCUT2D eigenvalue weighted by Gasteiger charge is -2.28. The molecule has 0 aliphatic carbocycles. The fourth-order valence-electron chi connectivity index (χ4n) is 3.56. The van der Waals surface area contributed by atoms with Crippen LogP contribution in [-0.4, -0.2) is 51.8 Å². The van der Waals surface area contributed by atoms with E-state index in [9.17, 15) is 18.0 Å². The second kappa shape index (κ2) is 8.39. The van der Waals surface area contributed by atoms with Gasteiger partial charge in [0.15, 0.2) is 9.84 Å². The molecular weight excluding hydrogens is 368 g/mol. The molecule has 27 heavy (non-hydrogen) atoms. The molecule has 0 radical (unpaired) electrons. The van der Waals surface area contributed by atoms with Crippen molar-refractivity contribution in [1.82, 2.24) is 5.32 Å². The van der Waals surface area contributed by atoms with E-state index >= 15 is 0 Å². The molecule has 2 heterocycles. The van der Waals surface area contributed by atoms with E-state index in [2.05, 4.69) is 5.32 Å². The van der Waals surface area contributed by atoms with Gasteiger partial charge in [0.2, 0.25) is 11.8 Å². The average Bonchev–Trinajstić information content (AvgIpc) is 3.17. The van der Waals surface area contributed by atoms with Crippen molar-refractivity contribution in [3.8, 4) is 0 Å². The van der Waals surface area contributed by atoms with Crippen molar-refractivity contribution in [1.29, 1.82) is 0 Å². The number of nitrogens with one attached hydrogen (secondary N) is 1. The van der Waals surface area contributed by atoms with Crippen LogP contribution in [0.3, 0.4) is 0 Å². The second-order valence-electron chi connectivity index (χ2n) is 7.07. The lowest BCUT2D eigenvalue weighted by Crippen LogP contribution is -2.33. The molecule has 2 aliphatic heterocycles. The number of hydrogen-bond donors (Lipinski definition) is 1. The van der Waals surface area contributed by atoms with Gasteiger partial charge < -0.3 is 15.0 Å². The van der Waals surface area contributed by atoms with E-state index in [1.165, 1.54) is 13.0 Å². The number of anilines is 1. The van der Waals surface area contributed by atoms with Gasteiger partial charge in [-0.25, -0.2) is 8.42 Å². The van der Waals surface area contributed by atoms with Crippen molar-refractivity contribution in [2.75, 3.05) is 30.3 Å². The highest BCUT2D eigenvalue weighted by Gasteiger charge is 2.24. The first kappa shape index (κ1) is 19.8. The Hall–Kier alpha value is -1.93. The van der Waals surface area contributed by atoms with Crippen molar-refractivity contribution in [2.24, 2.45) is 0 Å². The number of fused-ring (bicyclic) bond motifs is 1. The molecule has 0 bridgehead atoms. The van der Waals surface area contributed by atoms with Crippen LogP contribution in [0.15, 0.2) is 23.1 Å². The zero-order chi connectivity index (χ0) is 19.4. The zero-order valence-corrected chi connectivity index (χ0v) is 16.4. The number of benzene rings is 1. The molecule has 1 aromatic rings. The maximum absolute atomic E-state index is 12.6. The number of ether oxygens (including phenoxy) is 1. The Kier molecular flexibility index (Phi) is 6.16. The van der Waals surface area contributed by atoms with Crippen molar-refractivity contribution in [2.45, 2.75) is 50.0 Å². The Balaban J connectivity index is 1.61. The number of rotatable bonds is 6. The van der Waals surface area contributed by atoms with E-state index in [0.29, 0.717) is 19.7 Å². The first-order valence-electron chi connectivity index (χ1n) is 9.39. The zero-order valence-electron chi connectivity index (χ0n) is 15.6. The van der Waals surface area contributed by atoms with Gasteiger partial charge in [0, 0.05) is 38.7 Å². The van der Waals surface area contributed by atoms with E-state index in [1.54, 1.807) is 17.0 Å². The molecule has 148 valence electrons. The van der Waals surface area contributed by atoms with Crippen molar-refractivity contribution >= 4 is 27.3 Å². The van der Waals surface area contributed by atoms with Gasteiger partial charge in [0.05, 0.1) is 16.8 Å². The molecule has 8 heteroatoms. The van der Waals surface area contributed by atoms with E-state index in [0.717, 1.165) is 36.9 Å². The Labute approximate surface area is 160 Å². The molecule has 0 saturated carbocycles. The smallest absolute Gasteiger partial charge is 0.223 e. The summed E-state index contributed by atoms with van der Waals surface area (Å²) in [6, 6.07) is 4.87. The topological polar surface area (TPSA) is 92.8 Å². The molecule has 2 amide bonds. The van der Waals surface area contributed by atoms with Crippen LogP contribution in [0.1, 0.15) is 38.2 Å². The summed E-state index contributed by atoms with van der Waals surface area (Å²) in [5.74, 6) is -0.566. The van der Waals surface area contributed by atoms with Gasteiger partial charge in [-0.15, -0.1) is 0 Å².